The minimum Gasteiger partial charge on any atom is -0.494 e. The second kappa shape index (κ2) is 9.18. The third-order valence-corrected chi connectivity index (χ3v) is 5.76. The minimum absolute atomic E-state index is 0.194. The number of nitrogens with zero attached hydrogens (tertiary/aromatic N) is 1. The summed E-state index contributed by atoms with van der Waals surface area (Å²) in [6.45, 7) is 2.71. The number of rotatable bonds is 6. The molecule has 0 aliphatic carbocycles. The number of anilines is 1. The Kier molecular flexibility index (Phi) is 6.38. The van der Waals surface area contributed by atoms with Gasteiger partial charge in [0, 0.05) is 19.3 Å². The van der Waals surface area contributed by atoms with Crippen molar-refractivity contribution >= 4 is 61.2 Å². The zero-order valence-electron chi connectivity index (χ0n) is 16.1. The summed E-state index contributed by atoms with van der Waals surface area (Å²) in [5.41, 5.74) is 3.43. The standard InChI is InChI=1S/C23H18BrIN2O3/c1-2-11-29-17-7-3-14(4-8-17)22(28)26-16-6-10-21-20(13-16)27-23(30-21)18-12-15(25)5-9-19(18)24/h3-10,12-13H,2,11H2,1H3,(H,26,28). The predicted molar refractivity (Wildman–Crippen MR) is 130 cm³/mol. The van der Waals surface area contributed by atoms with Crippen molar-refractivity contribution in [3.05, 3.63) is 74.3 Å². The third kappa shape index (κ3) is 4.67. The Morgan fingerprint density at radius 2 is 1.93 bits per heavy atom. The number of hydrogen-bond acceptors (Lipinski definition) is 4. The van der Waals surface area contributed by atoms with Gasteiger partial charge in [0.1, 0.15) is 11.3 Å². The van der Waals surface area contributed by atoms with Gasteiger partial charge < -0.3 is 14.5 Å². The SMILES string of the molecule is CCCOc1ccc(C(=O)Nc2ccc3oc(-c4cc(I)ccc4Br)nc3c2)cc1. The van der Waals surface area contributed by atoms with Crippen LogP contribution < -0.4 is 10.1 Å². The molecule has 0 atom stereocenters. The normalized spacial score (nSPS) is 10.9. The number of ether oxygens (including phenoxy) is 1. The molecule has 0 saturated heterocycles. The Morgan fingerprint density at radius 1 is 1.13 bits per heavy atom. The van der Waals surface area contributed by atoms with Crippen molar-refractivity contribution < 1.29 is 13.9 Å². The van der Waals surface area contributed by atoms with Crippen LogP contribution in [0.5, 0.6) is 5.75 Å². The van der Waals surface area contributed by atoms with Gasteiger partial charge in [-0.15, -0.1) is 0 Å². The highest BCUT2D eigenvalue weighted by molar-refractivity contribution is 14.1. The molecule has 0 aliphatic rings. The first kappa shape index (κ1) is 20.9. The molecule has 0 saturated carbocycles. The van der Waals surface area contributed by atoms with Crippen molar-refractivity contribution in [3.8, 4) is 17.2 Å². The van der Waals surface area contributed by atoms with E-state index in [1.165, 1.54) is 0 Å². The first-order valence-electron chi connectivity index (χ1n) is 9.43. The number of nitrogens with one attached hydrogen (secondary N) is 1. The van der Waals surface area contributed by atoms with Gasteiger partial charge in [0.2, 0.25) is 5.89 Å². The Hall–Kier alpha value is -2.39. The number of hydrogen-bond donors (Lipinski definition) is 1. The van der Waals surface area contributed by atoms with E-state index in [-0.39, 0.29) is 5.91 Å². The van der Waals surface area contributed by atoms with Gasteiger partial charge in [0.25, 0.3) is 5.91 Å². The maximum absolute atomic E-state index is 12.6. The summed E-state index contributed by atoms with van der Waals surface area (Å²) in [5.74, 6) is 1.09. The molecule has 3 aromatic carbocycles. The molecule has 0 fully saturated rings. The Morgan fingerprint density at radius 3 is 2.70 bits per heavy atom. The third-order valence-electron chi connectivity index (χ3n) is 4.39. The van der Waals surface area contributed by atoms with Gasteiger partial charge in [0.05, 0.1) is 12.2 Å². The van der Waals surface area contributed by atoms with Gasteiger partial charge >= 0.3 is 0 Å². The molecular weight excluding hydrogens is 559 g/mol. The largest absolute Gasteiger partial charge is 0.494 e. The minimum atomic E-state index is -0.194. The van der Waals surface area contributed by atoms with Crippen LogP contribution in [0.15, 0.2) is 69.6 Å². The summed E-state index contributed by atoms with van der Waals surface area (Å²) in [6.07, 6.45) is 0.939. The van der Waals surface area contributed by atoms with E-state index < -0.39 is 0 Å². The van der Waals surface area contributed by atoms with Crippen molar-refractivity contribution in [3.63, 3.8) is 0 Å². The summed E-state index contributed by atoms with van der Waals surface area (Å²) >= 11 is 5.80. The van der Waals surface area contributed by atoms with E-state index in [9.17, 15) is 4.79 Å². The van der Waals surface area contributed by atoms with Crippen LogP contribution in [-0.2, 0) is 0 Å². The predicted octanol–water partition coefficient (Wildman–Crippen LogP) is 6.90. The molecule has 30 heavy (non-hydrogen) atoms. The van der Waals surface area contributed by atoms with Gasteiger partial charge in [-0.3, -0.25) is 4.79 Å². The lowest BCUT2D eigenvalue weighted by atomic mass is 10.2. The lowest BCUT2D eigenvalue weighted by Crippen LogP contribution is -2.11. The maximum Gasteiger partial charge on any atom is 0.255 e. The average Bonchev–Trinajstić information content (AvgIpc) is 3.17. The molecule has 0 aliphatic heterocycles. The van der Waals surface area contributed by atoms with Gasteiger partial charge in [-0.05, 0) is 106 Å². The summed E-state index contributed by atoms with van der Waals surface area (Å²) in [6, 6.07) is 18.5. The van der Waals surface area contributed by atoms with Crippen molar-refractivity contribution in [1.82, 2.24) is 4.98 Å². The van der Waals surface area contributed by atoms with E-state index in [1.54, 1.807) is 36.4 Å². The molecule has 0 spiro atoms. The lowest BCUT2D eigenvalue weighted by molar-refractivity contribution is 0.102. The molecule has 0 unspecified atom stereocenters. The second-order valence-electron chi connectivity index (χ2n) is 6.65. The fourth-order valence-electron chi connectivity index (χ4n) is 2.91. The van der Waals surface area contributed by atoms with Crippen molar-refractivity contribution in [1.29, 1.82) is 0 Å². The van der Waals surface area contributed by atoms with Crippen LogP contribution in [0.3, 0.4) is 0 Å². The number of benzene rings is 3. The smallest absolute Gasteiger partial charge is 0.255 e. The zero-order chi connectivity index (χ0) is 21.1. The number of carbonyl (C=O) groups is 1. The van der Waals surface area contributed by atoms with Crippen LogP contribution in [0.4, 0.5) is 5.69 Å². The van der Waals surface area contributed by atoms with E-state index in [0.717, 1.165) is 25.8 Å². The molecule has 4 rings (SSSR count). The van der Waals surface area contributed by atoms with Gasteiger partial charge in [0.15, 0.2) is 5.58 Å². The molecule has 1 amide bonds. The molecule has 7 heteroatoms. The molecular formula is C23H18BrIN2O3. The summed E-state index contributed by atoms with van der Waals surface area (Å²) in [5, 5.41) is 2.91. The van der Waals surface area contributed by atoms with E-state index >= 15 is 0 Å². The summed E-state index contributed by atoms with van der Waals surface area (Å²) in [4.78, 5) is 17.2. The fraction of sp³-hybridized carbons (Fsp3) is 0.130. The number of aromatic nitrogens is 1. The molecule has 152 valence electrons. The van der Waals surface area contributed by atoms with Crippen molar-refractivity contribution in [2.45, 2.75) is 13.3 Å². The number of fused-ring (bicyclic) bond motifs is 1. The molecule has 1 heterocycles. The van der Waals surface area contributed by atoms with Crippen molar-refractivity contribution in [2.24, 2.45) is 0 Å². The zero-order valence-corrected chi connectivity index (χ0v) is 19.9. The topological polar surface area (TPSA) is 64.4 Å². The highest BCUT2D eigenvalue weighted by atomic mass is 127. The highest BCUT2D eigenvalue weighted by Gasteiger charge is 2.13. The van der Waals surface area contributed by atoms with E-state index in [1.807, 2.05) is 24.3 Å². The Labute approximate surface area is 196 Å². The number of oxazole rings is 1. The number of amides is 1. The fourth-order valence-corrected chi connectivity index (χ4v) is 3.81. The molecule has 5 nitrogen and oxygen atoms in total. The van der Waals surface area contributed by atoms with Crippen LogP contribution in [0.2, 0.25) is 0 Å². The van der Waals surface area contributed by atoms with E-state index in [4.69, 9.17) is 9.15 Å². The molecule has 0 radical (unpaired) electrons. The van der Waals surface area contributed by atoms with Gasteiger partial charge in [-0.25, -0.2) is 4.98 Å². The van der Waals surface area contributed by atoms with E-state index in [0.29, 0.717) is 34.8 Å². The average molecular weight is 577 g/mol. The first-order chi connectivity index (χ1) is 14.5. The van der Waals surface area contributed by atoms with Crippen LogP contribution >= 0.6 is 38.5 Å². The number of carbonyl (C=O) groups excluding carboxylic acids is 1. The molecule has 0 bridgehead atoms. The quantitative estimate of drug-likeness (QED) is 0.253. The lowest BCUT2D eigenvalue weighted by Gasteiger charge is -2.07. The highest BCUT2D eigenvalue weighted by Crippen LogP contribution is 2.32. The number of halogens is 2. The van der Waals surface area contributed by atoms with E-state index in [2.05, 4.69) is 55.7 Å². The molecule has 1 N–H and O–H groups in total. The Bertz CT molecular complexity index is 1210. The van der Waals surface area contributed by atoms with Crippen LogP contribution in [0.1, 0.15) is 23.7 Å². The molecule has 1 aromatic heterocycles. The first-order valence-corrected chi connectivity index (χ1v) is 11.3. The van der Waals surface area contributed by atoms with Crippen LogP contribution in [0.25, 0.3) is 22.6 Å². The monoisotopic (exact) mass is 576 g/mol. The van der Waals surface area contributed by atoms with Crippen LogP contribution in [0, 0.1) is 3.57 Å². The van der Waals surface area contributed by atoms with Crippen LogP contribution in [-0.4, -0.2) is 17.5 Å². The molecule has 4 aromatic rings. The maximum atomic E-state index is 12.6. The summed E-state index contributed by atoms with van der Waals surface area (Å²) < 4.78 is 13.5. The van der Waals surface area contributed by atoms with Gasteiger partial charge in [-0.2, -0.15) is 0 Å². The Balaban J connectivity index is 1.53. The van der Waals surface area contributed by atoms with Gasteiger partial charge in [-0.1, -0.05) is 6.92 Å². The van der Waals surface area contributed by atoms with Crippen molar-refractivity contribution in [2.75, 3.05) is 11.9 Å². The second-order valence-corrected chi connectivity index (χ2v) is 8.75. The summed E-state index contributed by atoms with van der Waals surface area (Å²) in [7, 11) is 0.